The van der Waals surface area contributed by atoms with Crippen LogP contribution in [-0.4, -0.2) is 6.29 Å². The zero-order valence-corrected chi connectivity index (χ0v) is 5.76. The van der Waals surface area contributed by atoms with Gasteiger partial charge in [0, 0.05) is 0 Å². The van der Waals surface area contributed by atoms with Crippen molar-refractivity contribution in [3.8, 4) is 0 Å². The fourth-order valence-electron chi connectivity index (χ4n) is 0.449. The highest BCUT2D eigenvalue weighted by Crippen LogP contribution is 1.94. The number of rotatable bonds is 4. The van der Waals surface area contributed by atoms with Gasteiger partial charge in [-0.15, -0.1) is 0 Å². The molecule has 0 aromatic rings. The summed E-state index contributed by atoms with van der Waals surface area (Å²) >= 11 is 0. The van der Waals surface area contributed by atoms with E-state index >= 15 is 0 Å². The zero-order chi connectivity index (χ0) is 7.11. The van der Waals surface area contributed by atoms with Crippen molar-refractivity contribution in [3.63, 3.8) is 0 Å². The summed E-state index contributed by atoms with van der Waals surface area (Å²) in [4.78, 5) is 9.97. The van der Waals surface area contributed by atoms with Gasteiger partial charge in [-0.2, -0.15) is 0 Å². The molecular formula is C8H12O. The van der Waals surface area contributed by atoms with Crippen LogP contribution in [-0.2, 0) is 4.79 Å². The fraction of sp³-hybridized carbons (Fsp3) is 0.375. The molecule has 0 amide bonds. The molecule has 0 rings (SSSR count). The van der Waals surface area contributed by atoms with Crippen molar-refractivity contribution in [3.05, 3.63) is 24.3 Å². The Balaban J connectivity index is 3.37. The minimum atomic E-state index is 0.639. The molecule has 0 fully saturated rings. The second kappa shape index (κ2) is 5.29. The van der Waals surface area contributed by atoms with Gasteiger partial charge in [0.1, 0.15) is 6.29 Å². The van der Waals surface area contributed by atoms with Crippen LogP contribution < -0.4 is 0 Å². The van der Waals surface area contributed by atoms with Crippen molar-refractivity contribution in [2.45, 2.75) is 19.8 Å². The van der Waals surface area contributed by atoms with E-state index in [1.54, 1.807) is 0 Å². The van der Waals surface area contributed by atoms with E-state index in [4.69, 9.17) is 0 Å². The molecule has 0 radical (unpaired) electrons. The Kier molecular flexibility index (Phi) is 4.79. The molecule has 9 heavy (non-hydrogen) atoms. The maximum atomic E-state index is 9.97. The molecule has 1 heteroatoms. The summed E-state index contributed by atoms with van der Waals surface area (Å²) in [5.74, 6) is 0. The van der Waals surface area contributed by atoms with Gasteiger partial charge in [-0.05, 0) is 18.4 Å². The lowest BCUT2D eigenvalue weighted by Gasteiger charge is -1.85. The van der Waals surface area contributed by atoms with Gasteiger partial charge in [-0.25, -0.2) is 0 Å². The van der Waals surface area contributed by atoms with E-state index in [0.29, 0.717) is 12.0 Å². The van der Waals surface area contributed by atoms with Gasteiger partial charge in [-0.1, -0.05) is 25.7 Å². The van der Waals surface area contributed by atoms with E-state index in [-0.39, 0.29) is 0 Å². The minimum absolute atomic E-state index is 0.639. The van der Waals surface area contributed by atoms with E-state index in [1.807, 2.05) is 12.2 Å². The van der Waals surface area contributed by atoms with Crippen LogP contribution in [0.3, 0.4) is 0 Å². The lowest BCUT2D eigenvalue weighted by molar-refractivity contribution is -0.104. The van der Waals surface area contributed by atoms with Crippen LogP contribution in [0.25, 0.3) is 0 Å². The molecule has 0 aliphatic rings. The second-order valence-corrected chi connectivity index (χ2v) is 1.86. The summed E-state index contributed by atoms with van der Waals surface area (Å²) in [7, 11) is 0. The quantitative estimate of drug-likeness (QED) is 0.318. The third-order valence-electron chi connectivity index (χ3n) is 0.949. The zero-order valence-electron chi connectivity index (χ0n) is 5.76. The molecule has 0 aromatic heterocycles. The standard InChI is InChI=1S/C8H12O/c1-3-4-5-6-8(2)7-9/h4-5,7H,2-3,6H2,1H3/b5-4-. The molecule has 0 saturated heterocycles. The van der Waals surface area contributed by atoms with Gasteiger partial charge in [0.2, 0.25) is 0 Å². The van der Waals surface area contributed by atoms with Crippen molar-refractivity contribution in [1.82, 2.24) is 0 Å². The van der Waals surface area contributed by atoms with E-state index in [0.717, 1.165) is 12.7 Å². The summed E-state index contributed by atoms with van der Waals surface area (Å²) in [5.41, 5.74) is 0.639. The highest BCUT2D eigenvalue weighted by molar-refractivity contribution is 5.72. The molecule has 0 atom stereocenters. The Morgan fingerprint density at radius 3 is 2.67 bits per heavy atom. The third-order valence-corrected chi connectivity index (χ3v) is 0.949. The van der Waals surface area contributed by atoms with Gasteiger partial charge in [0.25, 0.3) is 0 Å². The van der Waals surface area contributed by atoms with Crippen molar-refractivity contribution < 1.29 is 4.79 Å². The summed E-state index contributed by atoms with van der Waals surface area (Å²) in [6.45, 7) is 5.58. The van der Waals surface area contributed by atoms with Crippen molar-refractivity contribution in [2.75, 3.05) is 0 Å². The smallest absolute Gasteiger partial charge is 0.145 e. The highest BCUT2D eigenvalue weighted by atomic mass is 16.1. The number of aldehydes is 1. The average Bonchev–Trinajstić information content (AvgIpc) is 1.89. The Hall–Kier alpha value is -0.850. The SMILES string of the molecule is C=C(C=O)C/C=C\CC. The molecule has 0 aliphatic heterocycles. The Labute approximate surface area is 56.1 Å². The molecular weight excluding hydrogens is 112 g/mol. The first kappa shape index (κ1) is 8.15. The van der Waals surface area contributed by atoms with Crippen LogP contribution in [0.15, 0.2) is 24.3 Å². The molecule has 1 nitrogen and oxygen atoms in total. The molecule has 0 aromatic carbocycles. The predicted octanol–water partition coefficient (Wildman–Crippen LogP) is 2.10. The topological polar surface area (TPSA) is 17.1 Å². The van der Waals surface area contributed by atoms with Crippen molar-refractivity contribution in [1.29, 1.82) is 0 Å². The van der Waals surface area contributed by atoms with E-state index in [9.17, 15) is 4.79 Å². The lowest BCUT2D eigenvalue weighted by atomic mass is 10.2. The first-order valence-corrected chi connectivity index (χ1v) is 3.09. The van der Waals surface area contributed by atoms with Gasteiger partial charge >= 0.3 is 0 Å². The van der Waals surface area contributed by atoms with Crippen LogP contribution in [0.2, 0.25) is 0 Å². The summed E-state index contributed by atoms with van der Waals surface area (Å²) < 4.78 is 0. The molecule has 50 valence electrons. The van der Waals surface area contributed by atoms with E-state index < -0.39 is 0 Å². The third kappa shape index (κ3) is 5.01. The Morgan fingerprint density at radius 2 is 2.22 bits per heavy atom. The van der Waals surface area contributed by atoms with Gasteiger partial charge < -0.3 is 0 Å². The summed E-state index contributed by atoms with van der Waals surface area (Å²) in [6, 6.07) is 0. The summed E-state index contributed by atoms with van der Waals surface area (Å²) in [6.07, 6.45) is 6.48. The molecule has 0 N–H and O–H groups in total. The molecule has 0 aliphatic carbocycles. The first-order chi connectivity index (χ1) is 4.31. The highest BCUT2D eigenvalue weighted by Gasteiger charge is 1.82. The molecule has 0 spiro atoms. The summed E-state index contributed by atoms with van der Waals surface area (Å²) in [5, 5.41) is 0. The van der Waals surface area contributed by atoms with Crippen LogP contribution in [0.4, 0.5) is 0 Å². The molecule has 0 bridgehead atoms. The maximum absolute atomic E-state index is 9.97. The van der Waals surface area contributed by atoms with E-state index in [2.05, 4.69) is 13.5 Å². The Bertz CT molecular complexity index is 123. The number of allylic oxidation sites excluding steroid dienone is 3. The van der Waals surface area contributed by atoms with Gasteiger partial charge in [0.05, 0.1) is 0 Å². The first-order valence-electron chi connectivity index (χ1n) is 3.09. The number of carbonyl (C=O) groups excluding carboxylic acids is 1. The second-order valence-electron chi connectivity index (χ2n) is 1.86. The molecule has 0 heterocycles. The van der Waals surface area contributed by atoms with Gasteiger partial charge in [-0.3, -0.25) is 4.79 Å². The normalized spacial score (nSPS) is 9.89. The monoisotopic (exact) mass is 124 g/mol. The Morgan fingerprint density at radius 1 is 1.56 bits per heavy atom. The fourth-order valence-corrected chi connectivity index (χ4v) is 0.449. The van der Waals surface area contributed by atoms with Gasteiger partial charge in [0.15, 0.2) is 0 Å². The van der Waals surface area contributed by atoms with Crippen LogP contribution in [0, 0.1) is 0 Å². The minimum Gasteiger partial charge on any atom is -0.298 e. The van der Waals surface area contributed by atoms with E-state index in [1.165, 1.54) is 0 Å². The van der Waals surface area contributed by atoms with Crippen molar-refractivity contribution in [2.24, 2.45) is 0 Å². The number of hydrogen-bond acceptors (Lipinski definition) is 1. The number of hydrogen-bond donors (Lipinski definition) is 0. The molecule has 0 saturated carbocycles. The number of carbonyl (C=O) groups is 1. The van der Waals surface area contributed by atoms with Crippen LogP contribution >= 0.6 is 0 Å². The predicted molar refractivity (Wildman–Crippen MR) is 39.3 cm³/mol. The van der Waals surface area contributed by atoms with Crippen LogP contribution in [0.1, 0.15) is 19.8 Å². The lowest BCUT2D eigenvalue weighted by Crippen LogP contribution is -1.76. The largest absolute Gasteiger partial charge is 0.298 e. The average molecular weight is 124 g/mol. The van der Waals surface area contributed by atoms with Crippen molar-refractivity contribution >= 4 is 6.29 Å². The van der Waals surface area contributed by atoms with Crippen LogP contribution in [0.5, 0.6) is 0 Å². The molecule has 0 unspecified atom stereocenters. The maximum Gasteiger partial charge on any atom is 0.145 e.